The number of aryl methyl sites for hydroxylation is 1. The van der Waals surface area contributed by atoms with E-state index in [1.54, 1.807) is 13.8 Å². The molecule has 2 heterocycles. The fraction of sp³-hybridized carbons (Fsp3) is 0.429. The van der Waals surface area contributed by atoms with Gasteiger partial charge in [0, 0.05) is 24.6 Å². The maximum Gasteiger partial charge on any atom is 0.345 e. The van der Waals surface area contributed by atoms with Crippen molar-refractivity contribution in [1.82, 2.24) is 14.9 Å². The van der Waals surface area contributed by atoms with Crippen molar-refractivity contribution < 1.29 is 23.1 Å². The van der Waals surface area contributed by atoms with Crippen molar-refractivity contribution in [2.45, 2.75) is 39.0 Å². The number of H-pyrrole nitrogens is 1. The molecule has 9 heteroatoms. The third kappa shape index (κ3) is 4.55. The van der Waals surface area contributed by atoms with Crippen LogP contribution in [0, 0.1) is 18.6 Å². The molecular weight excluding hydrogens is 396 g/mol. The summed E-state index contributed by atoms with van der Waals surface area (Å²) in [6, 6.07) is 3.49. The van der Waals surface area contributed by atoms with Crippen molar-refractivity contribution in [1.29, 1.82) is 0 Å². The van der Waals surface area contributed by atoms with E-state index in [1.165, 1.54) is 11.0 Å². The molecule has 1 aromatic heterocycles. The summed E-state index contributed by atoms with van der Waals surface area (Å²) in [7, 11) is 0. The third-order valence-corrected chi connectivity index (χ3v) is 5.17. The Morgan fingerprint density at radius 2 is 1.87 bits per heavy atom. The van der Waals surface area contributed by atoms with E-state index in [0.29, 0.717) is 37.4 Å². The molecule has 1 amide bonds. The standard InChI is InChI=1S/C21H23F2N3O4/c1-3-30-21(29)18-19(24-12(2)25-20(18)28)13-7-9-26(10-8-13)17(27)11-14-15(22)5-4-6-16(14)23/h4-6,13H,3,7-11H2,1-2H3,(H,24,25,28). The van der Waals surface area contributed by atoms with Crippen molar-refractivity contribution in [3.63, 3.8) is 0 Å². The quantitative estimate of drug-likeness (QED) is 0.752. The predicted octanol–water partition coefficient (Wildman–Crippen LogP) is 2.48. The molecule has 1 aliphatic heterocycles. The first-order chi connectivity index (χ1) is 14.3. The first-order valence-electron chi connectivity index (χ1n) is 9.80. The second kappa shape index (κ2) is 9.15. The summed E-state index contributed by atoms with van der Waals surface area (Å²) >= 11 is 0. The minimum absolute atomic E-state index is 0.111. The summed E-state index contributed by atoms with van der Waals surface area (Å²) < 4.78 is 32.6. The molecule has 1 aliphatic rings. The van der Waals surface area contributed by atoms with E-state index < -0.39 is 23.2 Å². The lowest BCUT2D eigenvalue weighted by molar-refractivity contribution is -0.131. The number of nitrogens with one attached hydrogen (secondary N) is 1. The van der Waals surface area contributed by atoms with Crippen molar-refractivity contribution in [2.75, 3.05) is 19.7 Å². The molecule has 1 fully saturated rings. The van der Waals surface area contributed by atoms with Gasteiger partial charge in [0.25, 0.3) is 5.56 Å². The number of benzene rings is 1. The third-order valence-electron chi connectivity index (χ3n) is 5.17. The molecule has 1 saturated heterocycles. The number of aromatic amines is 1. The van der Waals surface area contributed by atoms with Crippen LogP contribution in [0.25, 0.3) is 0 Å². The van der Waals surface area contributed by atoms with E-state index in [9.17, 15) is 23.2 Å². The Bertz CT molecular complexity index is 994. The molecule has 160 valence electrons. The van der Waals surface area contributed by atoms with Crippen LogP contribution >= 0.6 is 0 Å². The Morgan fingerprint density at radius 3 is 2.47 bits per heavy atom. The topological polar surface area (TPSA) is 92.4 Å². The van der Waals surface area contributed by atoms with Crippen LogP contribution in [0.3, 0.4) is 0 Å². The molecule has 1 aromatic carbocycles. The highest BCUT2D eigenvalue weighted by Gasteiger charge is 2.30. The number of halogens is 2. The molecule has 3 rings (SSSR count). The lowest BCUT2D eigenvalue weighted by atomic mass is 9.90. The molecule has 7 nitrogen and oxygen atoms in total. The van der Waals surface area contributed by atoms with Gasteiger partial charge >= 0.3 is 5.97 Å². The smallest absolute Gasteiger partial charge is 0.345 e. The number of piperidine rings is 1. The highest BCUT2D eigenvalue weighted by Crippen LogP contribution is 2.29. The van der Waals surface area contributed by atoms with Gasteiger partial charge in [-0.15, -0.1) is 0 Å². The van der Waals surface area contributed by atoms with Crippen LogP contribution in [0.2, 0.25) is 0 Å². The Morgan fingerprint density at radius 1 is 1.23 bits per heavy atom. The monoisotopic (exact) mass is 419 g/mol. The van der Waals surface area contributed by atoms with Gasteiger partial charge in [0.15, 0.2) is 0 Å². The zero-order chi connectivity index (χ0) is 21.8. The average molecular weight is 419 g/mol. The van der Waals surface area contributed by atoms with Gasteiger partial charge < -0.3 is 14.6 Å². The van der Waals surface area contributed by atoms with E-state index in [2.05, 4.69) is 9.97 Å². The van der Waals surface area contributed by atoms with Crippen LogP contribution in [-0.4, -0.2) is 46.4 Å². The van der Waals surface area contributed by atoms with E-state index >= 15 is 0 Å². The van der Waals surface area contributed by atoms with E-state index in [1.807, 2.05) is 0 Å². The average Bonchev–Trinajstić information content (AvgIpc) is 2.70. The minimum atomic E-state index is -0.750. The highest BCUT2D eigenvalue weighted by molar-refractivity contribution is 5.90. The van der Waals surface area contributed by atoms with Gasteiger partial charge in [-0.05, 0) is 38.8 Å². The van der Waals surface area contributed by atoms with Crippen LogP contribution in [0.5, 0.6) is 0 Å². The molecule has 30 heavy (non-hydrogen) atoms. The van der Waals surface area contributed by atoms with Gasteiger partial charge in [0.2, 0.25) is 5.91 Å². The second-order valence-corrected chi connectivity index (χ2v) is 7.16. The van der Waals surface area contributed by atoms with E-state index in [-0.39, 0.29) is 36.0 Å². The number of nitrogens with zero attached hydrogens (tertiary/aromatic N) is 2. The number of amides is 1. The fourth-order valence-electron chi connectivity index (χ4n) is 3.67. The summed E-state index contributed by atoms with van der Waals surface area (Å²) in [6.07, 6.45) is 0.571. The summed E-state index contributed by atoms with van der Waals surface area (Å²) in [5, 5.41) is 0. The lowest BCUT2D eigenvalue weighted by Gasteiger charge is -2.32. The Labute approximate surface area is 172 Å². The Kier molecular flexibility index (Phi) is 6.59. The van der Waals surface area contributed by atoms with Crippen molar-refractivity contribution in [2.24, 2.45) is 0 Å². The molecule has 1 N–H and O–H groups in total. The second-order valence-electron chi connectivity index (χ2n) is 7.16. The molecule has 0 radical (unpaired) electrons. The molecule has 0 unspecified atom stereocenters. The van der Waals surface area contributed by atoms with Gasteiger partial charge in [0.05, 0.1) is 18.7 Å². The first kappa shape index (κ1) is 21.6. The fourth-order valence-corrected chi connectivity index (χ4v) is 3.67. The Hall–Kier alpha value is -3.10. The minimum Gasteiger partial charge on any atom is -0.462 e. The number of carbonyl (C=O) groups is 2. The van der Waals surface area contributed by atoms with Crippen molar-refractivity contribution >= 4 is 11.9 Å². The zero-order valence-corrected chi connectivity index (χ0v) is 16.8. The van der Waals surface area contributed by atoms with Crippen LogP contribution < -0.4 is 5.56 Å². The summed E-state index contributed by atoms with van der Waals surface area (Å²) in [5.74, 6) is -2.43. The van der Waals surface area contributed by atoms with Crippen LogP contribution in [0.1, 0.15) is 53.1 Å². The number of ether oxygens (including phenoxy) is 1. The van der Waals surface area contributed by atoms with E-state index in [4.69, 9.17) is 4.74 Å². The van der Waals surface area contributed by atoms with Crippen LogP contribution in [-0.2, 0) is 16.0 Å². The number of likely N-dealkylation sites (tertiary alicyclic amines) is 1. The van der Waals surface area contributed by atoms with Gasteiger partial charge in [0.1, 0.15) is 23.0 Å². The van der Waals surface area contributed by atoms with Gasteiger partial charge in [-0.1, -0.05) is 6.07 Å². The molecule has 0 aliphatic carbocycles. The number of hydrogen-bond donors (Lipinski definition) is 1. The maximum absolute atomic E-state index is 13.8. The molecule has 0 atom stereocenters. The SMILES string of the molecule is CCOC(=O)c1c(C2CCN(C(=O)Cc3c(F)cccc3F)CC2)nc(C)[nH]c1=O. The summed E-state index contributed by atoms with van der Waals surface area (Å²) in [5.41, 5.74) is -0.548. The zero-order valence-electron chi connectivity index (χ0n) is 16.8. The van der Waals surface area contributed by atoms with Gasteiger partial charge in [-0.2, -0.15) is 0 Å². The molecule has 0 bridgehead atoms. The molecular formula is C21H23F2N3O4. The predicted molar refractivity (Wildman–Crippen MR) is 104 cm³/mol. The van der Waals surface area contributed by atoms with Crippen molar-refractivity contribution in [3.05, 3.63) is 62.8 Å². The van der Waals surface area contributed by atoms with Crippen molar-refractivity contribution in [3.8, 4) is 0 Å². The number of rotatable bonds is 5. The van der Waals surface area contributed by atoms with E-state index in [0.717, 1.165) is 12.1 Å². The van der Waals surface area contributed by atoms with Crippen LogP contribution in [0.4, 0.5) is 8.78 Å². The number of esters is 1. The van der Waals surface area contributed by atoms with Gasteiger partial charge in [-0.25, -0.2) is 18.6 Å². The summed E-state index contributed by atoms with van der Waals surface area (Å²) in [4.78, 5) is 45.5. The van der Waals surface area contributed by atoms with Gasteiger partial charge in [-0.3, -0.25) is 9.59 Å². The normalized spacial score (nSPS) is 14.6. The highest BCUT2D eigenvalue weighted by atomic mass is 19.1. The number of hydrogen-bond acceptors (Lipinski definition) is 5. The summed E-state index contributed by atoms with van der Waals surface area (Å²) in [6.45, 7) is 4.06. The first-order valence-corrected chi connectivity index (χ1v) is 9.80. The lowest BCUT2D eigenvalue weighted by Crippen LogP contribution is -2.40. The maximum atomic E-state index is 13.8. The Balaban J connectivity index is 1.74. The largest absolute Gasteiger partial charge is 0.462 e. The number of aromatic nitrogens is 2. The van der Waals surface area contributed by atoms with Crippen LogP contribution in [0.15, 0.2) is 23.0 Å². The number of carbonyl (C=O) groups excluding carboxylic acids is 2. The molecule has 0 spiro atoms. The molecule has 2 aromatic rings. The molecule has 0 saturated carbocycles.